The van der Waals surface area contributed by atoms with E-state index in [-0.39, 0.29) is 5.75 Å². The highest BCUT2D eigenvalue weighted by atomic mass is 35.5. The summed E-state index contributed by atoms with van der Waals surface area (Å²) >= 11 is 5.85. The second kappa shape index (κ2) is 5.56. The molecule has 0 fully saturated rings. The number of ether oxygens (including phenoxy) is 1. The summed E-state index contributed by atoms with van der Waals surface area (Å²) in [7, 11) is 1.61. The van der Waals surface area contributed by atoms with E-state index in [0.29, 0.717) is 10.6 Å². The lowest BCUT2D eigenvalue weighted by atomic mass is 10.2. The first-order valence-corrected chi connectivity index (χ1v) is 5.73. The van der Waals surface area contributed by atoms with Gasteiger partial charge < -0.3 is 9.84 Å². The average Bonchev–Trinajstić information content (AvgIpc) is 2.40. The maximum Gasteiger partial charge on any atom is 0.124 e. The summed E-state index contributed by atoms with van der Waals surface area (Å²) in [4.78, 5) is 4.25. The van der Waals surface area contributed by atoms with Crippen LogP contribution in [0.4, 0.5) is 5.69 Å². The minimum atomic E-state index is 0.150. The molecule has 0 aliphatic rings. The fourth-order valence-corrected chi connectivity index (χ4v) is 1.62. The van der Waals surface area contributed by atoms with Gasteiger partial charge in [0.15, 0.2) is 0 Å². The third-order valence-corrected chi connectivity index (χ3v) is 2.65. The van der Waals surface area contributed by atoms with Gasteiger partial charge in [-0.2, -0.15) is 0 Å². The first-order valence-electron chi connectivity index (χ1n) is 5.35. The Kier molecular flexibility index (Phi) is 3.85. The van der Waals surface area contributed by atoms with Crippen LogP contribution in [0.15, 0.2) is 47.5 Å². The molecule has 0 saturated heterocycles. The molecule has 0 aromatic heterocycles. The predicted octanol–water partition coefficient (Wildman–Crippen LogP) is 3.80. The maximum absolute atomic E-state index is 9.63. The van der Waals surface area contributed by atoms with Gasteiger partial charge in [0.05, 0.1) is 12.8 Å². The lowest BCUT2D eigenvalue weighted by molar-refractivity contribution is 0.415. The number of hydrogen-bond acceptors (Lipinski definition) is 3. The van der Waals surface area contributed by atoms with Crippen molar-refractivity contribution in [3.05, 3.63) is 53.1 Å². The van der Waals surface area contributed by atoms with Gasteiger partial charge in [0.2, 0.25) is 0 Å². The Morgan fingerprint density at radius 3 is 2.56 bits per heavy atom. The Hall–Kier alpha value is -2.00. The number of nitrogens with zero attached hydrogens (tertiary/aromatic N) is 1. The van der Waals surface area contributed by atoms with Gasteiger partial charge >= 0.3 is 0 Å². The van der Waals surface area contributed by atoms with E-state index in [9.17, 15) is 5.11 Å². The molecule has 2 aromatic rings. The zero-order valence-corrected chi connectivity index (χ0v) is 10.6. The molecule has 0 radical (unpaired) electrons. The summed E-state index contributed by atoms with van der Waals surface area (Å²) in [6, 6.07) is 12.1. The van der Waals surface area contributed by atoms with Crippen molar-refractivity contribution >= 4 is 23.5 Å². The molecular formula is C14H12ClNO2. The smallest absolute Gasteiger partial charge is 0.124 e. The van der Waals surface area contributed by atoms with E-state index < -0.39 is 0 Å². The quantitative estimate of drug-likeness (QED) is 0.854. The van der Waals surface area contributed by atoms with E-state index >= 15 is 0 Å². The van der Waals surface area contributed by atoms with Crippen LogP contribution in [0.5, 0.6) is 11.5 Å². The number of aromatic hydroxyl groups is 1. The number of rotatable bonds is 3. The van der Waals surface area contributed by atoms with Gasteiger partial charge in [-0.25, -0.2) is 0 Å². The largest absolute Gasteiger partial charge is 0.507 e. The third-order valence-electron chi connectivity index (χ3n) is 2.41. The molecule has 1 N–H and O–H groups in total. The second-order valence-corrected chi connectivity index (χ2v) is 4.10. The van der Waals surface area contributed by atoms with E-state index in [0.717, 1.165) is 11.4 Å². The molecule has 0 spiro atoms. The normalized spacial score (nSPS) is 10.8. The maximum atomic E-state index is 9.63. The number of phenolic OH excluding ortho intramolecular Hbond substituents is 1. The summed E-state index contributed by atoms with van der Waals surface area (Å²) in [6.07, 6.45) is 1.57. The number of halogens is 1. The number of phenols is 1. The number of benzene rings is 2. The minimum Gasteiger partial charge on any atom is -0.507 e. The lowest BCUT2D eigenvalue weighted by Crippen LogP contribution is -1.83. The van der Waals surface area contributed by atoms with Gasteiger partial charge in [-0.15, -0.1) is 0 Å². The molecule has 0 bridgehead atoms. The van der Waals surface area contributed by atoms with Crippen molar-refractivity contribution in [1.29, 1.82) is 0 Å². The van der Waals surface area contributed by atoms with Crippen molar-refractivity contribution in [1.82, 2.24) is 0 Å². The van der Waals surface area contributed by atoms with E-state index in [1.165, 1.54) is 6.07 Å². The van der Waals surface area contributed by atoms with E-state index in [1.807, 2.05) is 24.3 Å². The Morgan fingerprint density at radius 1 is 1.17 bits per heavy atom. The van der Waals surface area contributed by atoms with Crippen LogP contribution in [-0.2, 0) is 0 Å². The fourth-order valence-electron chi connectivity index (χ4n) is 1.44. The Labute approximate surface area is 110 Å². The Bertz CT molecular complexity index is 565. The summed E-state index contributed by atoms with van der Waals surface area (Å²) in [5.41, 5.74) is 1.36. The second-order valence-electron chi connectivity index (χ2n) is 3.66. The SMILES string of the molecule is COc1ccc(N=Cc2cc(Cl)ccc2O)cc1. The highest BCUT2D eigenvalue weighted by Crippen LogP contribution is 2.22. The van der Waals surface area contributed by atoms with Crippen LogP contribution in [0.3, 0.4) is 0 Å². The first kappa shape index (κ1) is 12.5. The molecule has 0 unspecified atom stereocenters. The van der Waals surface area contributed by atoms with Crippen molar-refractivity contribution in [3.8, 4) is 11.5 Å². The molecule has 0 aliphatic carbocycles. The minimum absolute atomic E-state index is 0.150. The Morgan fingerprint density at radius 2 is 1.89 bits per heavy atom. The molecule has 4 heteroatoms. The lowest BCUT2D eigenvalue weighted by Gasteiger charge is -2.00. The van der Waals surface area contributed by atoms with Gasteiger partial charge in [-0.3, -0.25) is 4.99 Å². The summed E-state index contributed by atoms with van der Waals surface area (Å²) < 4.78 is 5.06. The Balaban J connectivity index is 2.21. The van der Waals surface area contributed by atoms with Crippen LogP contribution in [0.2, 0.25) is 5.02 Å². The highest BCUT2D eigenvalue weighted by molar-refractivity contribution is 6.30. The standard InChI is InChI=1S/C14H12ClNO2/c1-18-13-5-3-12(4-6-13)16-9-10-8-11(15)2-7-14(10)17/h2-9,17H,1H3. The molecule has 0 atom stereocenters. The molecule has 18 heavy (non-hydrogen) atoms. The van der Waals surface area contributed by atoms with Crippen molar-refractivity contribution < 1.29 is 9.84 Å². The van der Waals surface area contributed by atoms with E-state index in [1.54, 1.807) is 25.5 Å². The fraction of sp³-hybridized carbons (Fsp3) is 0.0714. The van der Waals surface area contributed by atoms with Crippen molar-refractivity contribution in [2.45, 2.75) is 0 Å². The van der Waals surface area contributed by atoms with E-state index in [4.69, 9.17) is 16.3 Å². The van der Waals surface area contributed by atoms with Crippen LogP contribution < -0.4 is 4.74 Å². The molecule has 2 aromatic carbocycles. The molecule has 2 rings (SSSR count). The van der Waals surface area contributed by atoms with Crippen molar-refractivity contribution in [2.75, 3.05) is 7.11 Å². The predicted molar refractivity (Wildman–Crippen MR) is 73.4 cm³/mol. The van der Waals surface area contributed by atoms with Gasteiger partial charge in [0.25, 0.3) is 0 Å². The number of hydrogen-bond donors (Lipinski definition) is 1. The van der Waals surface area contributed by atoms with Crippen LogP contribution in [-0.4, -0.2) is 18.4 Å². The summed E-state index contributed by atoms with van der Waals surface area (Å²) in [5, 5.41) is 10.2. The molecule has 0 saturated carbocycles. The zero-order valence-electron chi connectivity index (χ0n) is 9.80. The number of aliphatic imine (C=N–C) groups is 1. The first-order chi connectivity index (χ1) is 8.69. The molecular weight excluding hydrogens is 250 g/mol. The van der Waals surface area contributed by atoms with Gasteiger partial charge in [0, 0.05) is 16.8 Å². The zero-order chi connectivity index (χ0) is 13.0. The monoisotopic (exact) mass is 261 g/mol. The van der Waals surface area contributed by atoms with E-state index in [2.05, 4.69) is 4.99 Å². The van der Waals surface area contributed by atoms with Gasteiger partial charge in [0.1, 0.15) is 11.5 Å². The van der Waals surface area contributed by atoms with Crippen molar-refractivity contribution in [2.24, 2.45) is 4.99 Å². The van der Waals surface area contributed by atoms with Crippen LogP contribution in [0, 0.1) is 0 Å². The van der Waals surface area contributed by atoms with Crippen LogP contribution in [0.25, 0.3) is 0 Å². The third kappa shape index (κ3) is 3.02. The topological polar surface area (TPSA) is 41.8 Å². The summed E-state index contributed by atoms with van der Waals surface area (Å²) in [5.74, 6) is 0.927. The molecule has 0 heterocycles. The van der Waals surface area contributed by atoms with Crippen LogP contribution >= 0.6 is 11.6 Å². The molecule has 0 amide bonds. The molecule has 0 aliphatic heterocycles. The van der Waals surface area contributed by atoms with Gasteiger partial charge in [-0.05, 0) is 42.5 Å². The molecule has 92 valence electrons. The summed E-state index contributed by atoms with van der Waals surface area (Å²) in [6.45, 7) is 0. The van der Waals surface area contributed by atoms with Gasteiger partial charge in [-0.1, -0.05) is 11.6 Å². The highest BCUT2D eigenvalue weighted by Gasteiger charge is 1.99. The number of methoxy groups -OCH3 is 1. The van der Waals surface area contributed by atoms with Crippen LogP contribution in [0.1, 0.15) is 5.56 Å². The molecule has 3 nitrogen and oxygen atoms in total. The average molecular weight is 262 g/mol. The van der Waals surface area contributed by atoms with Crippen molar-refractivity contribution in [3.63, 3.8) is 0 Å².